The minimum Gasteiger partial charge on any atom is -0.396 e. The smallest absolute Gasteiger partial charge is 0.248 e. The fourth-order valence-corrected chi connectivity index (χ4v) is 1.66. The molecule has 0 atom stereocenters. The van der Waals surface area contributed by atoms with Crippen LogP contribution in [0.1, 0.15) is 32.2 Å². The first-order valence-corrected chi connectivity index (χ1v) is 6.65. The predicted molar refractivity (Wildman–Crippen MR) is 74.6 cm³/mol. The Kier molecular flexibility index (Phi) is 4.37. The average molecular weight is 293 g/mol. The summed E-state index contributed by atoms with van der Waals surface area (Å²) in [5.74, 6) is 0.0210. The topological polar surface area (TPSA) is 106 Å². The predicted octanol–water partition coefficient (Wildman–Crippen LogP) is 0.737. The van der Waals surface area contributed by atoms with E-state index in [9.17, 15) is 4.79 Å². The number of carbonyl (C=O) groups excluding carboxylic acids is 1. The van der Waals surface area contributed by atoms with Gasteiger partial charge in [0.1, 0.15) is 6.54 Å². The SMILES string of the molecule is CC(C)(C)c1cc(NC(=O)Cn2cc(CCO)nn2)on1. The van der Waals surface area contributed by atoms with Crippen molar-refractivity contribution < 1.29 is 14.4 Å². The third-order valence-corrected chi connectivity index (χ3v) is 2.80. The number of nitrogens with one attached hydrogen (secondary N) is 1. The van der Waals surface area contributed by atoms with Crippen LogP contribution in [0, 0.1) is 0 Å². The van der Waals surface area contributed by atoms with Crippen molar-refractivity contribution in [3.63, 3.8) is 0 Å². The van der Waals surface area contributed by atoms with Crippen LogP contribution in [0.4, 0.5) is 5.88 Å². The summed E-state index contributed by atoms with van der Waals surface area (Å²) >= 11 is 0. The highest BCUT2D eigenvalue weighted by molar-refractivity contribution is 5.89. The van der Waals surface area contributed by atoms with Gasteiger partial charge in [0.2, 0.25) is 11.8 Å². The summed E-state index contributed by atoms with van der Waals surface area (Å²) < 4.78 is 6.49. The highest BCUT2D eigenvalue weighted by Crippen LogP contribution is 2.23. The van der Waals surface area contributed by atoms with Crippen LogP contribution in [0.5, 0.6) is 0 Å². The van der Waals surface area contributed by atoms with E-state index in [1.165, 1.54) is 4.68 Å². The lowest BCUT2D eigenvalue weighted by Crippen LogP contribution is -2.19. The minimum atomic E-state index is -0.285. The van der Waals surface area contributed by atoms with Gasteiger partial charge in [0.15, 0.2) is 0 Å². The lowest BCUT2D eigenvalue weighted by atomic mass is 9.92. The van der Waals surface area contributed by atoms with E-state index in [1.807, 2.05) is 20.8 Å². The number of hydrogen-bond donors (Lipinski definition) is 2. The highest BCUT2D eigenvalue weighted by Gasteiger charge is 2.19. The summed E-state index contributed by atoms with van der Waals surface area (Å²) in [4.78, 5) is 11.9. The monoisotopic (exact) mass is 293 g/mol. The van der Waals surface area contributed by atoms with Crippen LogP contribution < -0.4 is 5.32 Å². The zero-order valence-corrected chi connectivity index (χ0v) is 12.3. The third kappa shape index (κ3) is 4.12. The summed E-state index contributed by atoms with van der Waals surface area (Å²) in [5, 5.41) is 23.0. The van der Waals surface area contributed by atoms with E-state index in [0.29, 0.717) is 18.0 Å². The molecule has 0 radical (unpaired) electrons. The average Bonchev–Trinajstić information content (AvgIpc) is 2.98. The second-order valence-electron chi connectivity index (χ2n) is 5.76. The number of amides is 1. The molecule has 2 rings (SSSR count). The maximum Gasteiger partial charge on any atom is 0.248 e. The zero-order chi connectivity index (χ0) is 15.5. The second-order valence-corrected chi connectivity index (χ2v) is 5.76. The van der Waals surface area contributed by atoms with Crippen LogP contribution in [0.2, 0.25) is 0 Å². The molecule has 114 valence electrons. The number of aromatic nitrogens is 4. The lowest BCUT2D eigenvalue weighted by Gasteiger charge is -2.12. The summed E-state index contributed by atoms with van der Waals surface area (Å²) in [7, 11) is 0. The van der Waals surface area contributed by atoms with Crippen molar-refractivity contribution in [2.45, 2.75) is 39.2 Å². The molecule has 0 aliphatic carbocycles. The van der Waals surface area contributed by atoms with Gasteiger partial charge < -0.3 is 9.63 Å². The van der Waals surface area contributed by atoms with Gasteiger partial charge >= 0.3 is 0 Å². The van der Waals surface area contributed by atoms with E-state index in [1.54, 1.807) is 12.3 Å². The van der Waals surface area contributed by atoms with Crippen LogP contribution >= 0.6 is 0 Å². The highest BCUT2D eigenvalue weighted by atomic mass is 16.5. The number of carbonyl (C=O) groups is 1. The molecule has 0 unspecified atom stereocenters. The number of nitrogens with zero attached hydrogens (tertiary/aromatic N) is 4. The molecule has 1 amide bonds. The maximum atomic E-state index is 11.9. The first-order chi connectivity index (χ1) is 9.88. The maximum absolute atomic E-state index is 11.9. The quantitative estimate of drug-likeness (QED) is 0.842. The first kappa shape index (κ1) is 15.2. The molecule has 2 heterocycles. The molecular weight excluding hydrogens is 274 g/mol. The molecule has 0 saturated carbocycles. The van der Waals surface area contributed by atoms with Gasteiger partial charge in [0.05, 0.1) is 11.4 Å². The molecular formula is C13H19N5O3. The molecule has 0 aliphatic heterocycles. The minimum absolute atomic E-state index is 0.00145. The van der Waals surface area contributed by atoms with Gasteiger partial charge in [-0.25, -0.2) is 4.68 Å². The van der Waals surface area contributed by atoms with Crippen LogP contribution in [-0.4, -0.2) is 37.8 Å². The molecule has 0 spiro atoms. The Morgan fingerprint density at radius 1 is 1.48 bits per heavy atom. The Balaban J connectivity index is 1.93. The molecule has 0 aromatic carbocycles. The standard InChI is InChI=1S/C13H19N5O3/c1-13(2,3)10-6-12(21-16-10)14-11(20)8-18-7-9(4-5-19)15-17-18/h6-7,19H,4-5,8H2,1-3H3,(H,14,20). The van der Waals surface area contributed by atoms with Gasteiger partial charge in [-0.2, -0.15) is 0 Å². The van der Waals surface area contributed by atoms with E-state index in [0.717, 1.165) is 5.69 Å². The Morgan fingerprint density at radius 3 is 2.86 bits per heavy atom. The van der Waals surface area contributed by atoms with Gasteiger partial charge in [0, 0.05) is 30.7 Å². The van der Waals surface area contributed by atoms with Crippen molar-refractivity contribution in [3.8, 4) is 0 Å². The van der Waals surface area contributed by atoms with E-state index in [4.69, 9.17) is 9.63 Å². The van der Waals surface area contributed by atoms with E-state index in [-0.39, 0.29) is 24.5 Å². The van der Waals surface area contributed by atoms with Gasteiger partial charge in [-0.1, -0.05) is 31.1 Å². The van der Waals surface area contributed by atoms with Crippen LogP contribution in [0.15, 0.2) is 16.8 Å². The van der Waals surface area contributed by atoms with E-state index in [2.05, 4.69) is 20.8 Å². The lowest BCUT2D eigenvalue weighted by molar-refractivity contribution is -0.117. The molecule has 0 fully saturated rings. The number of aliphatic hydroxyl groups excluding tert-OH is 1. The second kappa shape index (κ2) is 6.04. The van der Waals surface area contributed by atoms with Crippen LogP contribution in [0.25, 0.3) is 0 Å². The van der Waals surface area contributed by atoms with Gasteiger partial charge in [-0.15, -0.1) is 5.10 Å². The Labute approximate surface area is 122 Å². The van der Waals surface area contributed by atoms with Crippen molar-refractivity contribution >= 4 is 11.8 Å². The number of rotatable bonds is 5. The fraction of sp³-hybridized carbons (Fsp3) is 0.538. The zero-order valence-electron chi connectivity index (χ0n) is 12.3. The number of aliphatic hydroxyl groups is 1. The molecule has 0 aliphatic rings. The molecule has 2 aromatic heterocycles. The molecule has 8 heteroatoms. The molecule has 2 N–H and O–H groups in total. The Bertz CT molecular complexity index is 611. The molecule has 0 saturated heterocycles. The van der Waals surface area contributed by atoms with Crippen molar-refractivity contribution in [2.24, 2.45) is 0 Å². The molecule has 21 heavy (non-hydrogen) atoms. The Hall–Kier alpha value is -2.22. The van der Waals surface area contributed by atoms with Gasteiger partial charge in [0.25, 0.3) is 0 Å². The molecule has 0 bridgehead atoms. The van der Waals surface area contributed by atoms with Crippen molar-refractivity contribution in [3.05, 3.63) is 23.7 Å². The summed E-state index contributed by atoms with van der Waals surface area (Å²) in [6.45, 7) is 6.04. The number of hydrogen-bond acceptors (Lipinski definition) is 6. The fourth-order valence-electron chi connectivity index (χ4n) is 1.66. The largest absolute Gasteiger partial charge is 0.396 e. The van der Waals surface area contributed by atoms with E-state index < -0.39 is 0 Å². The Morgan fingerprint density at radius 2 is 2.24 bits per heavy atom. The summed E-state index contributed by atoms with van der Waals surface area (Å²) in [5.41, 5.74) is 1.26. The van der Waals surface area contributed by atoms with Gasteiger partial charge in [-0.3, -0.25) is 10.1 Å². The summed E-state index contributed by atoms with van der Waals surface area (Å²) in [6, 6.07) is 1.70. The molecule has 8 nitrogen and oxygen atoms in total. The van der Waals surface area contributed by atoms with Crippen molar-refractivity contribution in [2.75, 3.05) is 11.9 Å². The first-order valence-electron chi connectivity index (χ1n) is 6.65. The van der Waals surface area contributed by atoms with Crippen molar-refractivity contribution in [1.82, 2.24) is 20.2 Å². The van der Waals surface area contributed by atoms with Gasteiger partial charge in [-0.05, 0) is 0 Å². The van der Waals surface area contributed by atoms with Crippen LogP contribution in [-0.2, 0) is 23.2 Å². The molecule has 2 aromatic rings. The van der Waals surface area contributed by atoms with E-state index >= 15 is 0 Å². The normalized spacial score (nSPS) is 11.6. The third-order valence-electron chi connectivity index (χ3n) is 2.80. The van der Waals surface area contributed by atoms with Crippen molar-refractivity contribution in [1.29, 1.82) is 0 Å². The summed E-state index contributed by atoms with van der Waals surface area (Å²) in [6.07, 6.45) is 2.04. The van der Waals surface area contributed by atoms with Crippen LogP contribution in [0.3, 0.4) is 0 Å². The number of anilines is 1.